The van der Waals surface area contributed by atoms with Crippen molar-refractivity contribution >= 4 is 5.97 Å². The average Bonchev–Trinajstić information content (AvgIpc) is 2.50. The van der Waals surface area contributed by atoms with E-state index in [4.69, 9.17) is 10.4 Å². The van der Waals surface area contributed by atoms with E-state index in [2.05, 4.69) is 24.0 Å². The summed E-state index contributed by atoms with van der Waals surface area (Å²) in [5.74, 6) is -0.724. The highest BCUT2D eigenvalue weighted by atomic mass is 17.1. The molecule has 0 rings (SSSR count). The standard InChI is InChI=1S/C18H30O4/c1-2-3-11-14-17(22-21)15-12-9-7-5-4-6-8-10-13-16-18(19)20/h4,6-7,9,12,15,17,21H,2-3,5,8,10-11,13-14,16H2,1H3,(H,19,20)/b6-4?,9-7?,15-12+/t17-/m0/s1. The zero-order valence-electron chi connectivity index (χ0n) is 13.6. The molecule has 0 aromatic rings. The first kappa shape index (κ1) is 20.6. The second-order valence-electron chi connectivity index (χ2n) is 5.30. The maximum Gasteiger partial charge on any atom is 0.303 e. The van der Waals surface area contributed by atoms with Crippen LogP contribution in [0.15, 0.2) is 36.5 Å². The molecule has 0 amide bonds. The number of hydrogen-bond acceptors (Lipinski definition) is 3. The Morgan fingerprint density at radius 2 is 1.91 bits per heavy atom. The van der Waals surface area contributed by atoms with Crippen LogP contribution in [0.1, 0.15) is 64.7 Å². The van der Waals surface area contributed by atoms with Crippen LogP contribution in [0.3, 0.4) is 0 Å². The smallest absolute Gasteiger partial charge is 0.303 e. The molecule has 0 saturated heterocycles. The number of allylic oxidation sites excluding steroid dienone is 5. The molecular formula is C18H30O4. The number of unbranched alkanes of at least 4 members (excludes halogenated alkanes) is 4. The van der Waals surface area contributed by atoms with Crippen molar-refractivity contribution in [2.45, 2.75) is 70.8 Å². The normalized spacial score (nSPS) is 13.5. The molecular weight excluding hydrogens is 280 g/mol. The summed E-state index contributed by atoms with van der Waals surface area (Å²) in [6.07, 6.45) is 19.6. The lowest BCUT2D eigenvalue weighted by atomic mass is 10.1. The minimum atomic E-state index is -0.724. The molecule has 0 aliphatic carbocycles. The van der Waals surface area contributed by atoms with Crippen molar-refractivity contribution < 1.29 is 20.0 Å². The SMILES string of the molecule is CCCCC[C@@H](/C=C/C=CCC=CCCCCC(=O)O)OO. The van der Waals surface area contributed by atoms with Crippen molar-refractivity contribution in [2.24, 2.45) is 0 Å². The molecule has 0 aliphatic heterocycles. The molecule has 1 atom stereocenters. The summed E-state index contributed by atoms with van der Waals surface area (Å²) in [6, 6.07) is 0. The fourth-order valence-corrected chi connectivity index (χ4v) is 1.96. The Bertz CT molecular complexity index is 345. The number of carboxylic acids is 1. The lowest BCUT2D eigenvalue weighted by Gasteiger charge is -2.07. The van der Waals surface area contributed by atoms with E-state index in [-0.39, 0.29) is 12.5 Å². The van der Waals surface area contributed by atoms with Gasteiger partial charge in [0.15, 0.2) is 0 Å². The lowest BCUT2D eigenvalue weighted by molar-refractivity contribution is -0.267. The lowest BCUT2D eigenvalue weighted by Crippen LogP contribution is -2.06. The van der Waals surface area contributed by atoms with Crippen LogP contribution in [0.2, 0.25) is 0 Å². The van der Waals surface area contributed by atoms with E-state index >= 15 is 0 Å². The monoisotopic (exact) mass is 310 g/mol. The van der Waals surface area contributed by atoms with Crippen molar-refractivity contribution in [3.63, 3.8) is 0 Å². The van der Waals surface area contributed by atoms with Gasteiger partial charge in [0.05, 0.1) is 0 Å². The Labute approximate surface area is 134 Å². The molecule has 0 radical (unpaired) electrons. The minimum absolute atomic E-state index is 0.221. The number of rotatable bonds is 14. The summed E-state index contributed by atoms with van der Waals surface area (Å²) in [7, 11) is 0. The summed E-state index contributed by atoms with van der Waals surface area (Å²) >= 11 is 0. The quantitative estimate of drug-likeness (QED) is 0.153. The molecule has 0 bridgehead atoms. The van der Waals surface area contributed by atoms with E-state index in [0.717, 1.165) is 51.4 Å². The van der Waals surface area contributed by atoms with Crippen LogP contribution in [0.4, 0.5) is 0 Å². The van der Waals surface area contributed by atoms with E-state index < -0.39 is 5.97 Å². The molecule has 0 aromatic carbocycles. The Morgan fingerprint density at radius 1 is 1.09 bits per heavy atom. The maximum absolute atomic E-state index is 10.3. The van der Waals surface area contributed by atoms with Crippen LogP contribution < -0.4 is 0 Å². The van der Waals surface area contributed by atoms with E-state index in [1.807, 2.05) is 24.3 Å². The zero-order valence-corrected chi connectivity index (χ0v) is 13.6. The number of hydrogen-bond donors (Lipinski definition) is 2. The third kappa shape index (κ3) is 15.0. The Hall–Kier alpha value is -1.39. The van der Waals surface area contributed by atoms with Crippen LogP contribution in [-0.4, -0.2) is 22.4 Å². The molecule has 0 spiro atoms. The first-order valence-corrected chi connectivity index (χ1v) is 8.21. The van der Waals surface area contributed by atoms with Gasteiger partial charge in [-0.15, -0.1) is 0 Å². The predicted octanol–water partition coefficient (Wildman–Crippen LogP) is 5.13. The number of aliphatic carboxylic acids is 1. The summed E-state index contributed by atoms with van der Waals surface area (Å²) in [6.45, 7) is 2.15. The van der Waals surface area contributed by atoms with Crippen molar-refractivity contribution in [2.75, 3.05) is 0 Å². The third-order valence-electron chi connectivity index (χ3n) is 3.25. The average molecular weight is 310 g/mol. The zero-order chi connectivity index (χ0) is 16.5. The molecule has 0 fully saturated rings. The van der Waals surface area contributed by atoms with Gasteiger partial charge < -0.3 is 5.11 Å². The summed E-state index contributed by atoms with van der Waals surface area (Å²) in [4.78, 5) is 14.7. The fourth-order valence-electron chi connectivity index (χ4n) is 1.96. The van der Waals surface area contributed by atoms with Gasteiger partial charge in [-0.05, 0) is 32.1 Å². The third-order valence-corrected chi connectivity index (χ3v) is 3.25. The molecule has 22 heavy (non-hydrogen) atoms. The molecule has 4 heteroatoms. The number of carbonyl (C=O) groups is 1. The molecule has 126 valence electrons. The molecule has 0 aliphatic rings. The van der Waals surface area contributed by atoms with E-state index in [1.165, 1.54) is 0 Å². The highest BCUT2D eigenvalue weighted by Crippen LogP contribution is 2.07. The summed E-state index contributed by atoms with van der Waals surface area (Å²) in [5.41, 5.74) is 0. The highest BCUT2D eigenvalue weighted by Gasteiger charge is 2.02. The predicted molar refractivity (Wildman–Crippen MR) is 89.8 cm³/mol. The van der Waals surface area contributed by atoms with Crippen molar-refractivity contribution in [3.05, 3.63) is 36.5 Å². The van der Waals surface area contributed by atoms with E-state index in [0.29, 0.717) is 0 Å². The first-order valence-electron chi connectivity index (χ1n) is 8.21. The van der Waals surface area contributed by atoms with Crippen molar-refractivity contribution in [1.29, 1.82) is 0 Å². The topological polar surface area (TPSA) is 66.8 Å². The molecule has 0 heterocycles. The van der Waals surface area contributed by atoms with Gasteiger partial charge in [0.2, 0.25) is 0 Å². The Morgan fingerprint density at radius 3 is 2.59 bits per heavy atom. The van der Waals surface area contributed by atoms with Crippen LogP contribution in [-0.2, 0) is 9.68 Å². The largest absolute Gasteiger partial charge is 0.481 e. The van der Waals surface area contributed by atoms with E-state index in [9.17, 15) is 4.79 Å². The Kier molecular flexibility index (Phi) is 15.0. The van der Waals surface area contributed by atoms with Gasteiger partial charge in [-0.2, -0.15) is 0 Å². The van der Waals surface area contributed by atoms with Gasteiger partial charge in [0, 0.05) is 6.42 Å². The molecule has 0 unspecified atom stereocenters. The number of carboxylic acid groups (broad SMARTS) is 1. The molecule has 4 nitrogen and oxygen atoms in total. The van der Waals surface area contributed by atoms with Crippen molar-refractivity contribution in [3.8, 4) is 0 Å². The maximum atomic E-state index is 10.3. The van der Waals surface area contributed by atoms with Gasteiger partial charge in [0.1, 0.15) is 6.10 Å². The van der Waals surface area contributed by atoms with Crippen LogP contribution >= 0.6 is 0 Å². The molecule has 2 N–H and O–H groups in total. The summed E-state index contributed by atoms with van der Waals surface area (Å²) < 4.78 is 0. The Balaban J connectivity index is 3.66. The first-order chi connectivity index (χ1) is 10.7. The second-order valence-corrected chi connectivity index (χ2v) is 5.30. The van der Waals surface area contributed by atoms with Gasteiger partial charge >= 0.3 is 5.97 Å². The second kappa shape index (κ2) is 16.0. The van der Waals surface area contributed by atoms with Crippen molar-refractivity contribution in [1.82, 2.24) is 0 Å². The minimum Gasteiger partial charge on any atom is -0.481 e. The fraction of sp³-hybridized carbons (Fsp3) is 0.611. The van der Waals surface area contributed by atoms with Crippen LogP contribution in [0.5, 0.6) is 0 Å². The van der Waals surface area contributed by atoms with Gasteiger partial charge in [-0.25, -0.2) is 4.89 Å². The highest BCUT2D eigenvalue weighted by molar-refractivity contribution is 5.66. The molecule has 0 aromatic heterocycles. The summed E-state index contributed by atoms with van der Waals surface area (Å²) in [5, 5.41) is 17.3. The van der Waals surface area contributed by atoms with Gasteiger partial charge in [-0.1, -0.05) is 62.6 Å². The van der Waals surface area contributed by atoms with Crippen LogP contribution in [0.25, 0.3) is 0 Å². The molecule has 0 saturated carbocycles. The van der Waals surface area contributed by atoms with Crippen LogP contribution in [0, 0.1) is 0 Å². The van der Waals surface area contributed by atoms with Gasteiger partial charge in [0.25, 0.3) is 0 Å². The van der Waals surface area contributed by atoms with E-state index in [1.54, 1.807) is 0 Å². The van der Waals surface area contributed by atoms with Gasteiger partial charge in [-0.3, -0.25) is 10.1 Å².